The first kappa shape index (κ1) is 13.9. The fourth-order valence-corrected chi connectivity index (χ4v) is 1.34. The molecule has 86 valence electrons. The third-order valence-electron chi connectivity index (χ3n) is 2.16. The predicted octanol–water partition coefficient (Wildman–Crippen LogP) is 2.70. The summed E-state index contributed by atoms with van der Waals surface area (Å²) < 4.78 is 5.22. The molecule has 0 aromatic heterocycles. The molecule has 0 unspecified atom stereocenters. The van der Waals surface area contributed by atoms with E-state index in [9.17, 15) is 5.11 Å². The number of nitrogen functional groups attached to an aromatic ring is 1. The van der Waals surface area contributed by atoms with E-state index >= 15 is 0 Å². The Bertz CT molecular complexity index is 345. The van der Waals surface area contributed by atoms with E-state index < -0.39 is 0 Å². The standard InChI is InChI=1S/C11H17NO2.ClH/c1-11(2,3)7-5-9(13)8(12)6-10(7)14-4;/h5-6,13H,12H2,1-4H3;1H. The Morgan fingerprint density at radius 2 is 1.80 bits per heavy atom. The lowest BCUT2D eigenvalue weighted by atomic mass is 9.86. The van der Waals surface area contributed by atoms with Crippen LogP contribution in [0.15, 0.2) is 12.1 Å². The Labute approximate surface area is 96.7 Å². The van der Waals surface area contributed by atoms with Crippen LogP contribution in [0.3, 0.4) is 0 Å². The van der Waals surface area contributed by atoms with Gasteiger partial charge in [0.15, 0.2) is 0 Å². The minimum Gasteiger partial charge on any atom is -0.506 e. The van der Waals surface area contributed by atoms with Gasteiger partial charge in [0.05, 0.1) is 12.8 Å². The highest BCUT2D eigenvalue weighted by molar-refractivity contribution is 5.85. The molecular formula is C11H18ClNO2. The molecule has 0 aliphatic carbocycles. The fraction of sp³-hybridized carbons (Fsp3) is 0.455. The third kappa shape index (κ3) is 2.93. The molecule has 0 amide bonds. The van der Waals surface area contributed by atoms with Gasteiger partial charge in [-0.25, -0.2) is 0 Å². The quantitative estimate of drug-likeness (QED) is 0.577. The molecule has 0 fully saturated rings. The van der Waals surface area contributed by atoms with E-state index in [1.165, 1.54) is 0 Å². The maximum Gasteiger partial charge on any atom is 0.139 e. The maximum atomic E-state index is 9.50. The number of rotatable bonds is 1. The van der Waals surface area contributed by atoms with Crippen LogP contribution >= 0.6 is 12.4 Å². The summed E-state index contributed by atoms with van der Waals surface area (Å²) in [7, 11) is 1.60. The van der Waals surface area contributed by atoms with Crippen molar-refractivity contribution in [2.24, 2.45) is 0 Å². The van der Waals surface area contributed by atoms with Gasteiger partial charge in [-0.2, -0.15) is 0 Å². The van der Waals surface area contributed by atoms with Gasteiger partial charge in [-0.1, -0.05) is 20.8 Å². The average molecular weight is 232 g/mol. The second kappa shape index (κ2) is 4.62. The Morgan fingerprint density at radius 1 is 1.27 bits per heavy atom. The highest BCUT2D eigenvalue weighted by Crippen LogP contribution is 2.37. The molecule has 15 heavy (non-hydrogen) atoms. The van der Waals surface area contributed by atoms with Crippen LogP contribution in [-0.2, 0) is 5.41 Å². The first-order valence-electron chi connectivity index (χ1n) is 4.53. The summed E-state index contributed by atoms with van der Waals surface area (Å²) in [4.78, 5) is 0. The summed E-state index contributed by atoms with van der Waals surface area (Å²) in [6, 6.07) is 3.31. The number of methoxy groups -OCH3 is 1. The molecule has 0 atom stereocenters. The van der Waals surface area contributed by atoms with E-state index in [4.69, 9.17) is 10.5 Å². The smallest absolute Gasteiger partial charge is 0.139 e. The number of hydrogen-bond acceptors (Lipinski definition) is 3. The van der Waals surface area contributed by atoms with Crippen LogP contribution in [0.5, 0.6) is 11.5 Å². The minimum atomic E-state index is -0.0729. The van der Waals surface area contributed by atoms with Gasteiger partial charge in [0.25, 0.3) is 0 Å². The normalized spacial score (nSPS) is 10.7. The van der Waals surface area contributed by atoms with Crippen LogP contribution in [0, 0.1) is 0 Å². The Morgan fingerprint density at radius 3 is 2.20 bits per heavy atom. The van der Waals surface area contributed by atoms with Gasteiger partial charge < -0.3 is 15.6 Å². The minimum absolute atomic E-state index is 0. The second-order valence-corrected chi connectivity index (χ2v) is 4.36. The largest absolute Gasteiger partial charge is 0.506 e. The zero-order chi connectivity index (χ0) is 10.9. The van der Waals surface area contributed by atoms with Crippen molar-refractivity contribution >= 4 is 18.1 Å². The molecule has 0 radical (unpaired) electrons. The molecule has 0 spiro atoms. The molecule has 4 heteroatoms. The summed E-state index contributed by atoms with van der Waals surface area (Å²) in [5.74, 6) is 0.823. The van der Waals surface area contributed by atoms with E-state index in [0.717, 1.165) is 5.56 Å². The summed E-state index contributed by atoms with van der Waals surface area (Å²) >= 11 is 0. The van der Waals surface area contributed by atoms with E-state index in [0.29, 0.717) is 11.4 Å². The van der Waals surface area contributed by atoms with Crippen LogP contribution in [0.25, 0.3) is 0 Å². The Kier molecular flexibility index (Phi) is 4.28. The number of aromatic hydroxyl groups is 1. The first-order valence-corrected chi connectivity index (χ1v) is 4.53. The van der Waals surface area contributed by atoms with Crippen LogP contribution in [0.2, 0.25) is 0 Å². The number of halogens is 1. The average Bonchev–Trinajstić information content (AvgIpc) is 2.07. The number of hydrogen-bond donors (Lipinski definition) is 2. The van der Waals surface area contributed by atoms with Crippen molar-refractivity contribution in [3.63, 3.8) is 0 Å². The maximum absolute atomic E-state index is 9.50. The number of nitrogens with two attached hydrogens (primary N) is 1. The number of ether oxygens (including phenoxy) is 1. The number of anilines is 1. The van der Waals surface area contributed by atoms with Crippen molar-refractivity contribution in [1.29, 1.82) is 0 Å². The van der Waals surface area contributed by atoms with E-state index in [1.807, 2.05) is 0 Å². The summed E-state index contributed by atoms with van der Waals surface area (Å²) in [5.41, 5.74) is 6.80. The van der Waals surface area contributed by atoms with Crippen LogP contribution in [-0.4, -0.2) is 12.2 Å². The van der Waals surface area contributed by atoms with Gasteiger partial charge in [0.2, 0.25) is 0 Å². The predicted molar refractivity (Wildman–Crippen MR) is 65.0 cm³/mol. The van der Waals surface area contributed by atoms with Gasteiger partial charge in [-0.15, -0.1) is 12.4 Å². The first-order chi connectivity index (χ1) is 6.36. The third-order valence-corrected chi connectivity index (χ3v) is 2.16. The van der Waals surface area contributed by atoms with Crippen molar-refractivity contribution in [1.82, 2.24) is 0 Å². The van der Waals surface area contributed by atoms with Gasteiger partial charge in [0, 0.05) is 11.6 Å². The molecule has 1 aromatic carbocycles. The van der Waals surface area contributed by atoms with Gasteiger partial charge in [0.1, 0.15) is 11.5 Å². The molecule has 0 saturated heterocycles. The molecule has 3 N–H and O–H groups in total. The molecular weight excluding hydrogens is 214 g/mol. The lowest BCUT2D eigenvalue weighted by Crippen LogP contribution is -2.13. The molecule has 0 aliphatic heterocycles. The molecule has 0 bridgehead atoms. The van der Waals surface area contributed by atoms with E-state index in [1.54, 1.807) is 19.2 Å². The summed E-state index contributed by atoms with van der Waals surface area (Å²) in [5, 5.41) is 9.50. The highest BCUT2D eigenvalue weighted by atomic mass is 35.5. The molecule has 0 aliphatic rings. The molecule has 1 aromatic rings. The van der Waals surface area contributed by atoms with Crippen molar-refractivity contribution in [3.05, 3.63) is 17.7 Å². The number of benzene rings is 1. The Balaban J connectivity index is 0.00000196. The molecule has 1 rings (SSSR count). The SMILES string of the molecule is COc1cc(N)c(O)cc1C(C)(C)C.Cl. The van der Waals surface area contributed by atoms with Gasteiger partial charge in [-0.05, 0) is 11.5 Å². The van der Waals surface area contributed by atoms with E-state index in [2.05, 4.69) is 20.8 Å². The van der Waals surface area contributed by atoms with E-state index in [-0.39, 0.29) is 23.6 Å². The lowest BCUT2D eigenvalue weighted by Gasteiger charge is -2.22. The molecule has 0 heterocycles. The van der Waals surface area contributed by atoms with Gasteiger partial charge in [-0.3, -0.25) is 0 Å². The second-order valence-electron chi connectivity index (χ2n) is 4.36. The van der Waals surface area contributed by atoms with Crippen molar-refractivity contribution < 1.29 is 9.84 Å². The monoisotopic (exact) mass is 231 g/mol. The van der Waals surface area contributed by atoms with Crippen LogP contribution in [0.1, 0.15) is 26.3 Å². The highest BCUT2D eigenvalue weighted by Gasteiger charge is 2.20. The fourth-order valence-electron chi connectivity index (χ4n) is 1.34. The van der Waals surface area contributed by atoms with Crippen LogP contribution in [0.4, 0.5) is 5.69 Å². The zero-order valence-corrected chi connectivity index (χ0v) is 10.3. The lowest BCUT2D eigenvalue weighted by molar-refractivity contribution is 0.394. The number of phenolic OH excluding ortho intramolecular Hbond substituents is 1. The zero-order valence-electron chi connectivity index (χ0n) is 9.50. The molecule has 3 nitrogen and oxygen atoms in total. The van der Waals surface area contributed by atoms with Crippen molar-refractivity contribution in [2.75, 3.05) is 12.8 Å². The van der Waals surface area contributed by atoms with Gasteiger partial charge >= 0.3 is 0 Å². The van der Waals surface area contributed by atoms with Crippen LogP contribution < -0.4 is 10.5 Å². The van der Waals surface area contributed by atoms with Crippen molar-refractivity contribution in [3.8, 4) is 11.5 Å². The summed E-state index contributed by atoms with van der Waals surface area (Å²) in [6.07, 6.45) is 0. The molecule has 0 saturated carbocycles. The summed E-state index contributed by atoms with van der Waals surface area (Å²) in [6.45, 7) is 6.17. The topological polar surface area (TPSA) is 55.5 Å². The number of phenols is 1. The Hall–Kier alpha value is -1.09. The van der Waals surface area contributed by atoms with Crippen molar-refractivity contribution in [2.45, 2.75) is 26.2 Å².